The van der Waals surface area contributed by atoms with E-state index in [4.69, 9.17) is 5.11 Å². The summed E-state index contributed by atoms with van der Waals surface area (Å²) >= 11 is 0. The van der Waals surface area contributed by atoms with Crippen molar-refractivity contribution >= 4 is 12.4 Å². The number of carbonyl (C=O) groups excluding carboxylic acids is 1. The molecule has 0 saturated heterocycles. The van der Waals surface area contributed by atoms with E-state index >= 15 is 0 Å². The average molecular weight is 185 g/mol. The van der Waals surface area contributed by atoms with Gasteiger partial charge in [0.2, 0.25) is 0 Å². The van der Waals surface area contributed by atoms with Gasteiger partial charge in [0.25, 0.3) is 0 Å². The molecule has 74 valence electrons. The molecule has 0 aromatic heterocycles. The van der Waals surface area contributed by atoms with Crippen LogP contribution in [0.3, 0.4) is 0 Å². The molecule has 0 bridgehead atoms. The zero-order valence-corrected chi connectivity index (χ0v) is 7.53. The summed E-state index contributed by atoms with van der Waals surface area (Å²) in [4.78, 5) is 20.6. The summed E-state index contributed by atoms with van der Waals surface area (Å²) in [7, 11) is 0. The second kappa shape index (κ2) is 4.84. The molecule has 0 aliphatic heterocycles. The van der Waals surface area contributed by atoms with E-state index in [0.717, 1.165) is 32.0 Å². The normalized spacial score (nSPS) is 28.0. The van der Waals surface area contributed by atoms with Crippen LogP contribution in [0.15, 0.2) is 0 Å². The zero-order valence-electron chi connectivity index (χ0n) is 7.53. The molecule has 0 unspecified atom stereocenters. The molecule has 1 aliphatic carbocycles. The summed E-state index contributed by atoms with van der Waals surface area (Å²) < 4.78 is 0. The van der Waals surface area contributed by atoms with Gasteiger partial charge < -0.3 is 15.2 Å². The Bertz CT molecular complexity index is 185. The molecule has 1 fully saturated rings. The number of nitrogens with one attached hydrogen (secondary N) is 1. The molecule has 0 aromatic carbocycles. The maximum atomic E-state index is 10.4. The first-order valence-corrected chi connectivity index (χ1v) is 4.64. The summed E-state index contributed by atoms with van der Waals surface area (Å²) in [5, 5.41) is 10.8. The minimum atomic E-state index is -0.961. The van der Waals surface area contributed by atoms with Crippen LogP contribution in [-0.2, 0) is 4.79 Å². The Morgan fingerprint density at radius 3 is 2.46 bits per heavy atom. The third-order valence-corrected chi connectivity index (χ3v) is 2.63. The van der Waals surface area contributed by atoms with Crippen molar-refractivity contribution in [3.8, 4) is 0 Å². The third-order valence-electron chi connectivity index (χ3n) is 2.63. The summed E-state index contributed by atoms with van der Waals surface area (Å²) in [6, 6.07) is 0. The lowest BCUT2D eigenvalue weighted by atomic mass is 9.83. The predicted molar refractivity (Wildman–Crippen MR) is 47.5 cm³/mol. The lowest BCUT2D eigenvalue weighted by Gasteiger charge is -2.24. The van der Waals surface area contributed by atoms with Gasteiger partial charge in [0.05, 0.1) is 0 Å². The second-order valence-corrected chi connectivity index (χ2v) is 3.60. The molecule has 0 radical (unpaired) electrons. The molecular formula is C9H15NO3. The van der Waals surface area contributed by atoms with Crippen molar-refractivity contribution in [2.24, 2.45) is 11.8 Å². The lowest BCUT2D eigenvalue weighted by Crippen LogP contribution is -2.30. The summed E-state index contributed by atoms with van der Waals surface area (Å²) in [6.07, 6.45) is 3.80. The molecule has 0 spiro atoms. The van der Waals surface area contributed by atoms with Crippen LogP contribution in [0.4, 0.5) is 4.79 Å². The van der Waals surface area contributed by atoms with Crippen LogP contribution in [0, 0.1) is 11.8 Å². The van der Waals surface area contributed by atoms with Gasteiger partial charge >= 0.3 is 6.09 Å². The number of rotatable bonds is 3. The monoisotopic (exact) mass is 185 g/mol. The molecule has 1 saturated carbocycles. The van der Waals surface area contributed by atoms with Crippen LogP contribution in [0.2, 0.25) is 0 Å². The molecule has 13 heavy (non-hydrogen) atoms. The predicted octanol–water partition coefficient (Wildman–Crippen LogP) is 1.26. The highest BCUT2D eigenvalue weighted by Crippen LogP contribution is 2.26. The molecule has 0 heterocycles. The Morgan fingerprint density at radius 2 is 2.00 bits per heavy atom. The van der Waals surface area contributed by atoms with Crippen LogP contribution in [0.25, 0.3) is 0 Å². The van der Waals surface area contributed by atoms with Crippen LogP contribution < -0.4 is 5.32 Å². The van der Waals surface area contributed by atoms with Crippen molar-refractivity contribution in [1.29, 1.82) is 0 Å². The van der Waals surface area contributed by atoms with Gasteiger partial charge in [-0.1, -0.05) is 0 Å². The summed E-state index contributed by atoms with van der Waals surface area (Å²) in [5.41, 5.74) is 0. The van der Waals surface area contributed by atoms with E-state index in [0.29, 0.717) is 12.5 Å². The van der Waals surface area contributed by atoms with Gasteiger partial charge in [-0.15, -0.1) is 0 Å². The summed E-state index contributed by atoms with van der Waals surface area (Å²) in [5.74, 6) is 0.633. The Balaban J connectivity index is 2.17. The Morgan fingerprint density at radius 1 is 1.38 bits per heavy atom. The molecule has 0 aromatic rings. The quantitative estimate of drug-likeness (QED) is 0.650. The van der Waals surface area contributed by atoms with Gasteiger partial charge in [0.1, 0.15) is 6.29 Å². The van der Waals surface area contributed by atoms with Gasteiger partial charge in [-0.3, -0.25) is 0 Å². The highest BCUT2D eigenvalue weighted by Gasteiger charge is 2.20. The molecule has 1 amide bonds. The van der Waals surface area contributed by atoms with E-state index in [9.17, 15) is 9.59 Å². The highest BCUT2D eigenvalue weighted by atomic mass is 16.4. The van der Waals surface area contributed by atoms with E-state index in [1.165, 1.54) is 0 Å². The molecule has 1 rings (SSSR count). The highest BCUT2D eigenvalue weighted by molar-refractivity contribution is 5.64. The van der Waals surface area contributed by atoms with E-state index < -0.39 is 6.09 Å². The number of carboxylic acid groups (broad SMARTS) is 1. The number of amides is 1. The van der Waals surface area contributed by atoms with E-state index in [2.05, 4.69) is 5.32 Å². The average Bonchev–Trinajstić information content (AvgIpc) is 2.15. The van der Waals surface area contributed by atoms with Crippen molar-refractivity contribution in [3.63, 3.8) is 0 Å². The minimum Gasteiger partial charge on any atom is -0.465 e. The van der Waals surface area contributed by atoms with Crippen molar-refractivity contribution in [2.75, 3.05) is 6.54 Å². The number of aldehydes is 1. The topological polar surface area (TPSA) is 66.4 Å². The lowest BCUT2D eigenvalue weighted by molar-refractivity contribution is -0.112. The van der Waals surface area contributed by atoms with Crippen LogP contribution in [0.1, 0.15) is 25.7 Å². The fourth-order valence-electron chi connectivity index (χ4n) is 1.76. The first-order chi connectivity index (χ1) is 6.22. The van der Waals surface area contributed by atoms with Crippen molar-refractivity contribution < 1.29 is 14.7 Å². The van der Waals surface area contributed by atoms with Crippen LogP contribution >= 0.6 is 0 Å². The number of carbonyl (C=O) groups is 2. The van der Waals surface area contributed by atoms with E-state index in [1.807, 2.05) is 0 Å². The van der Waals surface area contributed by atoms with Gasteiger partial charge in [0.15, 0.2) is 0 Å². The second-order valence-electron chi connectivity index (χ2n) is 3.60. The minimum absolute atomic E-state index is 0.209. The largest absolute Gasteiger partial charge is 0.465 e. The van der Waals surface area contributed by atoms with Crippen molar-refractivity contribution in [1.82, 2.24) is 5.32 Å². The Labute approximate surface area is 77.3 Å². The van der Waals surface area contributed by atoms with Crippen LogP contribution in [0.5, 0.6) is 0 Å². The molecule has 4 nitrogen and oxygen atoms in total. The number of hydrogen-bond donors (Lipinski definition) is 2. The molecule has 1 aliphatic rings. The van der Waals surface area contributed by atoms with Gasteiger partial charge in [-0.25, -0.2) is 4.79 Å². The maximum absolute atomic E-state index is 10.4. The SMILES string of the molecule is O=C[C@H]1CC[C@H](CNC(=O)O)CC1. The first kappa shape index (κ1) is 10.0. The van der Waals surface area contributed by atoms with E-state index in [-0.39, 0.29) is 5.92 Å². The number of hydrogen-bond acceptors (Lipinski definition) is 2. The van der Waals surface area contributed by atoms with E-state index in [1.54, 1.807) is 0 Å². The van der Waals surface area contributed by atoms with Gasteiger partial charge in [-0.2, -0.15) is 0 Å². The van der Waals surface area contributed by atoms with Crippen LogP contribution in [-0.4, -0.2) is 24.0 Å². The molecule has 2 N–H and O–H groups in total. The Kier molecular flexibility index (Phi) is 3.73. The first-order valence-electron chi connectivity index (χ1n) is 4.64. The zero-order chi connectivity index (χ0) is 9.68. The van der Waals surface area contributed by atoms with Gasteiger partial charge in [0, 0.05) is 12.5 Å². The van der Waals surface area contributed by atoms with Crippen molar-refractivity contribution in [2.45, 2.75) is 25.7 Å². The smallest absolute Gasteiger partial charge is 0.404 e. The Hall–Kier alpha value is -1.06. The molecule has 4 heteroatoms. The fourth-order valence-corrected chi connectivity index (χ4v) is 1.76. The molecular weight excluding hydrogens is 170 g/mol. The third kappa shape index (κ3) is 3.44. The summed E-state index contributed by atoms with van der Waals surface area (Å²) in [6.45, 7) is 0.529. The molecule has 0 atom stereocenters. The maximum Gasteiger partial charge on any atom is 0.404 e. The fraction of sp³-hybridized carbons (Fsp3) is 0.778. The van der Waals surface area contributed by atoms with Gasteiger partial charge in [-0.05, 0) is 31.6 Å². The van der Waals surface area contributed by atoms with Crippen molar-refractivity contribution in [3.05, 3.63) is 0 Å². The standard InChI is InChI=1S/C9H15NO3/c11-6-8-3-1-7(2-4-8)5-10-9(12)13/h6-8,10H,1-5H2,(H,12,13)/t7-,8-.